The van der Waals surface area contributed by atoms with E-state index in [4.69, 9.17) is 23.8 Å². The molecule has 0 spiro atoms. The van der Waals surface area contributed by atoms with E-state index in [0.29, 0.717) is 55.4 Å². The van der Waals surface area contributed by atoms with E-state index >= 15 is 0 Å². The van der Waals surface area contributed by atoms with Crippen molar-refractivity contribution < 1.29 is 53.3 Å². The molecule has 2 aromatic carbocycles. The number of ether oxygens (including phenoxy) is 4. The third-order valence-corrected chi connectivity index (χ3v) is 7.46. The van der Waals surface area contributed by atoms with Gasteiger partial charge in [0.2, 0.25) is 6.10 Å². The van der Waals surface area contributed by atoms with Crippen LogP contribution >= 0.6 is 0 Å². The van der Waals surface area contributed by atoms with E-state index < -0.39 is 30.2 Å². The fourth-order valence-corrected chi connectivity index (χ4v) is 5.84. The van der Waals surface area contributed by atoms with Gasteiger partial charge in [0.25, 0.3) is 0 Å². The Morgan fingerprint density at radius 3 is 2.13 bits per heavy atom. The Labute approximate surface area is 220 Å². The summed E-state index contributed by atoms with van der Waals surface area (Å²) in [5, 5.41) is 29.5. The largest absolute Gasteiger partial charge is 0.493 e. The Bertz CT molecular complexity index is 1250. The van der Waals surface area contributed by atoms with Crippen molar-refractivity contribution in [2.45, 2.75) is 44.4 Å². The average molecular weight is 533 g/mol. The van der Waals surface area contributed by atoms with Crippen molar-refractivity contribution in [2.75, 3.05) is 41.5 Å². The van der Waals surface area contributed by atoms with Crippen molar-refractivity contribution in [3.05, 3.63) is 34.9 Å². The summed E-state index contributed by atoms with van der Waals surface area (Å²) >= 11 is 0. The lowest BCUT2D eigenvalue weighted by molar-refractivity contribution is -1.13. The monoisotopic (exact) mass is 532 g/mol. The molecular formula is C27H34NO10+. The van der Waals surface area contributed by atoms with E-state index in [0.717, 1.165) is 27.8 Å². The first-order valence-corrected chi connectivity index (χ1v) is 12.4. The van der Waals surface area contributed by atoms with Crippen LogP contribution in [0.5, 0.6) is 23.0 Å². The Hall–Kier alpha value is -3.54. The topological polar surface area (TPSA) is 141 Å². The summed E-state index contributed by atoms with van der Waals surface area (Å²) in [6.07, 6.45) is -2.61. The lowest BCUT2D eigenvalue weighted by atomic mass is 9.75. The Balaban J connectivity index is 2.00. The molecule has 0 amide bonds. The predicted octanol–water partition coefficient (Wildman–Crippen LogP) is 2.60. The van der Waals surface area contributed by atoms with E-state index in [1.54, 1.807) is 28.4 Å². The number of carboxylic acids is 2. The van der Waals surface area contributed by atoms with Gasteiger partial charge < -0.3 is 34.3 Å². The van der Waals surface area contributed by atoms with Crippen LogP contribution in [0.4, 0.5) is 0 Å². The second kappa shape index (κ2) is 10.7. The number of hydrogen-bond acceptors (Lipinski definition) is 8. The second-order valence-corrected chi connectivity index (χ2v) is 9.44. The summed E-state index contributed by atoms with van der Waals surface area (Å²) in [4.78, 5) is 29.8. The molecule has 0 saturated heterocycles. The van der Waals surface area contributed by atoms with Gasteiger partial charge in [0.05, 0.1) is 28.4 Å². The summed E-state index contributed by atoms with van der Waals surface area (Å²) in [6, 6.07) is 5.28. The van der Waals surface area contributed by atoms with Gasteiger partial charge in [0.15, 0.2) is 29.1 Å². The number of carbonyl (C=O) groups is 2. The lowest BCUT2D eigenvalue weighted by Gasteiger charge is -2.49. The Kier molecular flexibility index (Phi) is 7.73. The summed E-state index contributed by atoms with van der Waals surface area (Å²) in [6.45, 7) is 2.72. The van der Waals surface area contributed by atoms with Crippen LogP contribution in [0.2, 0.25) is 0 Å². The quantitative estimate of drug-likeness (QED) is 0.370. The first-order chi connectivity index (χ1) is 18.2. The van der Waals surface area contributed by atoms with Gasteiger partial charge >= 0.3 is 11.9 Å². The molecule has 38 heavy (non-hydrogen) atoms. The second-order valence-electron chi connectivity index (χ2n) is 9.44. The Morgan fingerprint density at radius 2 is 1.58 bits per heavy atom. The summed E-state index contributed by atoms with van der Waals surface area (Å²) < 4.78 is 22.5. The predicted molar refractivity (Wildman–Crippen MR) is 135 cm³/mol. The normalized spacial score (nSPS) is 20.9. The van der Waals surface area contributed by atoms with Crippen molar-refractivity contribution in [1.29, 1.82) is 0 Å². The molecule has 1 heterocycles. The molecule has 2 aromatic rings. The number of hydrogen-bond donors (Lipinski definition) is 3. The van der Waals surface area contributed by atoms with Crippen molar-refractivity contribution in [3.8, 4) is 34.1 Å². The van der Waals surface area contributed by atoms with Gasteiger partial charge in [0, 0.05) is 24.0 Å². The van der Waals surface area contributed by atoms with Crippen LogP contribution < -0.4 is 18.9 Å². The summed E-state index contributed by atoms with van der Waals surface area (Å²) in [5.41, 5.74) is 4.45. The average Bonchev–Trinajstić information content (AvgIpc) is 2.91. The Morgan fingerprint density at radius 1 is 0.947 bits per heavy atom. The number of benzene rings is 2. The van der Waals surface area contributed by atoms with E-state index in [2.05, 4.69) is 0 Å². The van der Waals surface area contributed by atoms with Gasteiger partial charge in [0.1, 0.15) is 19.1 Å². The van der Waals surface area contributed by atoms with E-state index in [1.807, 2.05) is 25.1 Å². The molecule has 2 aliphatic rings. The number of aliphatic carboxylic acids is 2. The molecule has 4 unspecified atom stereocenters. The standard InChI is InChI=1S/C27H33NO10/c1-6-8-28(38-25(27(32)33)23(29)26(30)31)9-7-14-11-20(36-4)24(37-5)22-16-13-19(35-3)18(34-2)12-15(16)10-17(28)21(14)22/h11-13,17,23,25,29H,6-10H2,1-5H3,(H-,30,31,32,33)/p+1. The zero-order valence-electron chi connectivity index (χ0n) is 22.1. The van der Waals surface area contributed by atoms with Crippen molar-refractivity contribution in [3.63, 3.8) is 0 Å². The molecular weight excluding hydrogens is 498 g/mol. The van der Waals surface area contributed by atoms with Gasteiger partial charge in [-0.1, -0.05) is 6.92 Å². The number of rotatable bonds is 11. The molecule has 0 fully saturated rings. The fourth-order valence-electron chi connectivity index (χ4n) is 5.84. The fraction of sp³-hybridized carbons (Fsp3) is 0.481. The lowest BCUT2D eigenvalue weighted by Crippen LogP contribution is -2.60. The van der Waals surface area contributed by atoms with Gasteiger partial charge in [-0.25, -0.2) is 9.59 Å². The van der Waals surface area contributed by atoms with Crippen LogP contribution in [0.15, 0.2) is 18.2 Å². The number of fused-ring (bicyclic) bond motifs is 2. The third kappa shape index (κ3) is 4.40. The van der Waals surface area contributed by atoms with Gasteiger partial charge in [-0.3, -0.25) is 0 Å². The van der Waals surface area contributed by atoms with Crippen LogP contribution in [-0.2, 0) is 27.3 Å². The van der Waals surface area contributed by atoms with Crippen LogP contribution in [-0.4, -0.2) is 85.6 Å². The number of nitrogens with zero attached hydrogens (tertiary/aromatic N) is 1. The van der Waals surface area contributed by atoms with Crippen LogP contribution in [0, 0.1) is 0 Å². The van der Waals surface area contributed by atoms with Crippen molar-refractivity contribution in [1.82, 2.24) is 0 Å². The maximum atomic E-state index is 12.1. The first-order valence-electron chi connectivity index (χ1n) is 12.4. The number of methoxy groups -OCH3 is 4. The molecule has 4 rings (SSSR count). The van der Waals surface area contributed by atoms with Gasteiger partial charge in [-0.05, 0) is 41.3 Å². The zero-order valence-corrected chi connectivity index (χ0v) is 22.1. The molecule has 4 atom stereocenters. The smallest absolute Gasteiger partial charge is 0.342 e. The minimum atomic E-state index is -2.23. The zero-order chi connectivity index (χ0) is 27.8. The summed E-state index contributed by atoms with van der Waals surface area (Å²) in [7, 11) is 6.24. The number of hydroxylamine groups is 3. The van der Waals surface area contributed by atoms with E-state index in [9.17, 15) is 24.9 Å². The molecule has 0 aromatic heterocycles. The minimum absolute atomic E-state index is 0.166. The van der Waals surface area contributed by atoms with Crippen LogP contribution in [0.25, 0.3) is 11.1 Å². The maximum Gasteiger partial charge on any atom is 0.342 e. The van der Waals surface area contributed by atoms with Crippen molar-refractivity contribution >= 4 is 11.9 Å². The summed E-state index contributed by atoms with van der Waals surface area (Å²) in [5.74, 6) is -1.06. The van der Waals surface area contributed by atoms with Gasteiger partial charge in [-0.15, -0.1) is 0 Å². The first kappa shape index (κ1) is 27.5. The van der Waals surface area contributed by atoms with Crippen LogP contribution in [0.3, 0.4) is 0 Å². The number of aliphatic hydroxyl groups excluding tert-OH is 1. The molecule has 206 valence electrons. The molecule has 0 saturated carbocycles. The van der Waals surface area contributed by atoms with E-state index in [-0.39, 0.29) is 4.65 Å². The highest BCUT2D eigenvalue weighted by Crippen LogP contribution is 2.56. The van der Waals surface area contributed by atoms with E-state index in [1.165, 1.54) is 0 Å². The number of carboxylic acid groups (broad SMARTS) is 2. The van der Waals surface area contributed by atoms with Gasteiger partial charge in [-0.2, -0.15) is 9.48 Å². The molecule has 0 radical (unpaired) electrons. The van der Waals surface area contributed by atoms with Crippen molar-refractivity contribution in [2.24, 2.45) is 0 Å². The minimum Gasteiger partial charge on any atom is -0.493 e. The molecule has 1 aliphatic carbocycles. The highest BCUT2D eigenvalue weighted by Gasteiger charge is 2.53. The third-order valence-electron chi connectivity index (χ3n) is 7.46. The number of aliphatic hydroxyl groups is 1. The maximum absolute atomic E-state index is 12.1. The molecule has 11 nitrogen and oxygen atoms in total. The highest BCUT2D eigenvalue weighted by atomic mass is 16.7. The molecule has 1 aliphatic heterocycles. The molecule has 3 N–H and O–H groups in total. The highest BCUT2D eigenvalue weighted by molar-refractivity contribution is 5.85. The molecule has 0 bridgehead atoms. The SMILES string of the molecule is CCC[N+]1(OC(C(=O)O)C(O)C(=O)O)CCc2cc(OC)c(OC)c3c2C1Cc1cc(OC)c(OC)cc1-3. The number of quaternary nitrogens is 1. The molecule has 11 heteroatoms. The van der Waals surface area contributed by atoms with Crippen LogP contribution in [0.1, 0.15) is 36.1 Å².